The van der Waals surface area contributed by atoms with Gasteiger partial charge < -0.3 is 10.8 Å². The van der Waals surface area contributed by atoms with Gasteiger partial charge in [-0.05, 0) is 24.6 Å². The third-order valence-electron chi connectivity index (χ3n) is 1.61. The number of nitrogen functional groups attached to an aromatic ring is 1. The second-order valence-electron chi connectivity index (χ2n) is 2.68. The van der Waals surface area contributed by atoms with Gasteiger partial charge in [-0.2, -0.15) is 0 Å². The predicted octanol–water partition coefficient (Wildman–Crippen LogP) is 0.891. The highest BCUT2D eigenvalue weighted by Crippen LogP contribution is 2.15. The summed E-state index contributed by atoms with van der Waals surface area (Å²) in [6.45, 7) is 1.34. The van der Waals surface area contributed by atoms with E-state index in [9.17, 15) is 9.90 Å². The van der Waals surface area contributed by atoms with Crippen LogP contribution in [0.3, 0.4) is 0 Å². The maximum atomic E-state index is 10.8. The van der Waals surface area contributed by atoms with Crippen LogP contribution >= 0.6 is 0 Å². The van der Waals surface area contributed by atoms with Crippen molar-refractivity contribution in [2.45, 2.75) is 13.0 Å². The third-order valence-corrected chi connectivity index (χ3v) is 1.61. The number of carbonyl (C=O) groups excluding carboxylic acids is 1. The van der Waals surface area contributed by atoms with Gasteiger partial charge in [-0.15, -0.1) is 0 Å². The van der Waals surface area contributed by atoms with Crippen molar-refractivity contribution in [2.24, 2.45) is 0 Å². The summed E-state index contributed by atoms with van der Waals surface area (Å²) in [7, 11) is 0. The number of nitrogens with two attached hydrogens (primary N) is 1. The normalized spacial score (nSPS) is 12.5. The van der Waals surface area contributed by atoms with Gasteiger partial charge in [0.1, 0.15) is 6.10 Å². The van der Waals surface area contributed by atoms with Crippen LogP contribution in [-0.4, -0.2) is 10.9 Å². The van der Waals surface area contributed by atoms with Crippen LogP contribution in [0, 0.1) is 0 Å². The van der Waals surface area contributed by atoms with Crippen molar-refractivity contribution in [1.82, 2.24) is 0 Å². The smallest absolute Gasteiger partial charge is 0.162 e. The zero-order valence-electron chi connectivity index (χ0n) is 6.82. The Labute approximate surface area is 70.8 Å². The first kappa shape index (κ1) is 8.74. The van der Waals surface area contributed by atoms with Gasteiger partial charge in [0.15, 0.2) is 5.78 Å². The summed E-state index contributed by atoms with van der Waals surface area (Å²) < 4.78 is 0. The molecule has 0 fully saturated rings. The van der Waals surface area contributed by atoms with Crippen LogP contribution in [0.2, 0.25) is 0 Å². The van der Waals surface area contributed by atoms with Gasteiger partial charge in [-0.3, -0.25) is 4.79 Å². The van der Waals surface area contributed by atoms with Crippen LogP contribution in [0.25, 0.3) is 0 Å². The quantitative estimate of drug-likeness (QED) is 0.640. The monoisotopic (exact) mass is 165 g/mol. The van der Waals surface area contributed by atoms with E-state index in [2.05, 4.69) is 0 Å². The van der Waals surface area contributed by atoms with E-state index in [4.69, 9.17) is 5.73 Å². The average molecular weight is 165 g/mol. The summed E-state index contributed by atoms with van der Waals surface area (Å²) in [4.78, 5) is 10.8. The first-order valence-electron chi connectivity index (χ1n) is 3.65. The minimum Gasteiger partial charge on any atom is -0.399 e. The van der Waals surface area contributed by atoms with E-state index in [1.165, 1.54) is 6.92 Å². The highest BCUT2D eigenvalue weighted by atomic mass is 16.3. The van der Waals surface area contributed by atoms with Crippen LogP contribution in [0.4, 0.5) is 5.69 Å². The van der Waals surface area contributed by atoms with Crippen LogP contribution < -0.4 is 5.73 Å². The van der Waals surface area contributed by atoms with Crippen LogP contribution in [0.1, 0.15) is 18.6 Å². The van der Waals surface area contributed by atoms with E-state index in [0.29, 0.717) is 11.3 Å². The van der Waals surface area contributed by atoms with E-state index < -0.39 is 6.10 Å². The SMILES string of the molecule is CC(=O)C(O)c1cccc(N)c1. The van der Waals surface area contributed by atoms with Crippen molar-refractivity contribution in [1.29, 1.82) is 0 Å². The number of aliphatic hydroxyl groups excluding tert-OH is 1. The highest BCUT2D eigenvalue weighted by Gasteiger charge is 2.11. The van der Waals surface area contributed by atoms with E-state index >= 15 is 0 Å². The molecule has 3 N–H and O–H groups in total. The number of aliphatic hydroxyl groups is 1. The van der Waals surface area contributed by atoms with Crippen molar-refractivity contribution in [3.05, 3.63) is 29.8 Å². The molecular formula is C9H11NO2. The number of hydrogen-bond acceptors (Lipinski definition) is 3. The van der Waals surface area contributed by atoms with Crippen molar-refractivity contribution in [3.8, 4) is 0 Å². The molecule has 3 heteroatoms. The van der Waals surface area contributed by atoms with Gasteiger partial charge in [0.05, 0.1) is 0 Å². The fourth-order valence-electron chi connectivity index (χ4n) is 0.964. The lowest BCUT2D eigenvalue weighted by molar-refractivity contribution is -0.125. The lowest BCUT2D eigenvalue weighted by atomic mass is 10.1. The summed E-state index contributed by atoms with van der Waals surface area (Å²) in [5, 5.41) is 9.32. The molecule has 0 saturated heterocycles. The molecule has 0 aliphatic rings. The first-order chi connectivity index (χ1) is 5.61. The molecule has 0 heterocycles. The minimum absolute atomic E-state index is 0.277. The molecule has 0 aromatic heterocycles. The standard InChI is InChI=1S/C9H11NO2/c1-6(11)9(12)7-3-2-4-8(10)5-7/h2-5,9,12H,10H2,1H3. The summed E-state index contributed by atoms with van der Waals surface area (Å²) in [5.41, 5.74) is 6.57. The molecule has 0 radical (unpaired) electrons. The largest absolute Gasteiger partial charge is 0.399 e. The molecule has 0 aliphatic heterocycles. The molecule has 1 unspecified atom stereocenters. The third kappa shape index (κ3) is 1.83. The highest BCUT2D eigenvalue weighted by molar-refractivity contribution is 5.81. The zero-order valence-corrected chi connectivity index (χ0v) is 6.82. The summed E-state index contributed by atoms with van der Waals surface area (Å²) in [6, 6.07) is 6.67. The molecule has 1 aromatic carbocycles. The average Bonchev–Trinajstić information content (AvgIpc) is 2.03. The molecule has 3 nitrogen and oxygen atoms in total. The van der Waals surface area contributed by atoms with Crippen molar-refractivity contribution >= 4 is 11.5 Å². The molecule has 1 atom stereocenters. The molecule has 0 amide bonds. The molecule has 0 spiro atoms. The summed E-state index contributed by atoms with van der Waals surface area (Å²) >= 11 is 0. The van der Waals surface area contributed by atoms with E-state index in [1.807, 2.05) is 0 Å². The van der Waals surface area contributed by atoms with Gasteiger partial charge in [0.25, 0.3) is 0 Å². The minimum atomic E-state index is -1.05. The molecule has 0 bridgehead atoms. The van der Waals surface area contributed by atoms with Crippen LogP contribution in [0.5, 0.6) is 0 Å². The predicted molar refractivity (Wildman–Crippen MR) is 46.5 cm³/mol. The Balaban J connectivity index is 2.95. The number of rotatable bonds is 2. The Morgan fingerprint density at radius 2 is 2.25 bits per heavy atom. The Hall–Kier alpha value is -1.35. The van der Waals surface area contributed by atoms with Crippen molar-refractivity contribution in [3.63, 3.8) is 0 Å². The Bertz CT molecular complexity index is 296. The Kier molecular flexibility index (Phi) is 2.45. The number of ketones is 1. The van der Waals surface area contributed by atoms with Gasteiger partial charge >= 0.3 is 0 Å². The first-order valence-corrected chi connectivity index (χ1v) is 3.65. The number of carbonyl (C=O) groups is 1. The van der Waals surface area contributed by atoms with E-state index in [1.54, 1.807) is 24.3 Å². The second-order valence-corrected chi connectivity index (χ2v) is 2.68. The zero-order chi connectivity index (χ0) is 9.14. The fraction of sp³-hybridized carbons (Fsp3) is 0.222. The molecule has 0 saturated carbocycles. The van der Waals surface area contributed by atoms with E-state index in [0.717, 1.165) is 0 Å². The fourth-order valence-corrected chi connectivity index (χ4v) is 0.964. The second kappa shape index (κ2) is 3.36. The summed E-state index contributed by atoms with van der Waals surface area (Å²) in [5.74, 6) is -0.277. The Morgan fingerprint density at radius 3 is 2.75 bits per heavy atom. The summed E-state index contributed by atoms with van der Waals surface area (Å²) in [6.07, 6.45) is -1.05. The van der Waals surface area contributed by atoms with E-state index in [-0.39, 0.29) is 5.78 Å². The van der Waals surface area contributed by atoms with Crippen molar-refractivity contribution < 1.29 is 9.90 Å². The van der Waals surface area contributed by atoms with Gasteiger partial charge in [-0.1, -0.05) is 12.1 Å². The molecule has 1 rings (SSSR count). The van der Waals surface area contributed by atoms with Gasteiger partial charge in [0, 0.05) is 5.69 Å². The van der Waals surface area contributed by atoms with Crippen LogP contribution in [-0.2, 0) is 4.79 Å². The maximum Gasteiger partial charge on any atom is 0.162 e. The molecule has 0 aliphatic carbocycles. The topological polar surface area (TPSA) is 63.3 Å². The van der Waals surface area contributed by atoms with Crippen molar-refractivity contribution in [2.75, 3.05) is 5.73 Å². The van der Waals surface area contributed by atoms with Gasteiger partial charge in [0.2, 0.25) is 0 Å². The Morgan fingerprint density at radius 1 is 1.58 bits per heavy atom. The number of anilines is 1. The maximum absolute atomic E-state index is 10.8. The van der Waals surface area contributed by atoms with Crippen LogP contribution in [0.15, 0.2) is 24.3 Å². The number of Topliss-reactive ketones (excluding diaryl/α,β-unsaturated/α-hetero) is 1. The lowest BCUT2D eigenvalue weighted by Crippen LogP contribution is -2.07. The molecule has 12 heavy (non-hydrogen) atoms. The van der Waals surface area contributed by atoms with Gasteiger partial charge in [-0.25, -0.2) is 0 Å². The molecule has 1 aromatic rings. The molecular weight excluding hydrogens is 154 g/mol. The molecule has 64 valence electrons. The number of benzene rings is 1. The lowest BCUT2D eigenvalue weighted by Gasteiger charge is -2.06. The number of hydrogen-bond donors (Lipinski definition) is 2.